The largest absolute Gasteiger partial charge is 0.322 e. The molecule has 0 amide bonds. The zero-order chi connectivity index (χ0) is 19.0. The van der Waals surface area contributed by atoms with Gasteiger partial charge in [-0.05, 0) is 39.1 Å². The maximum absolute atomic E-state index is 5.65. The first-order valence-corrected chi connectivity index (χ1v) is 10.1. The smallest absolute Gasteiger partial charge is 0.254 e. The topological polar surface area (TPSA) is 44.0 Å². The fourth-order valence-electron chi connectivity index (χ4n) is 4.05. The summed E-state index contributed by atoms with van der Waals surface area (Å²) >= 11 is 5.65. The first-order valence-electron chi connectivity index (χ1n) is 9.66. The van der Waals surface area contributed by atoms with Gasteiger partial charge in [-0.2, -0.15) is 4.68 Å². The summed E-state index contributed by atoms with van der Waals surface area (Å²) in [6, 6.07) is 10.9. The quantitative estimate of drug-likeness (QED) is 0.629. The molecule has 2 aromatic heterocycles. The lowest BCUT2D eigenvalue weighted by atomic mass is 10.1. The summed E-state index contributed by atoms with van der Waals surface area (Å²) < 4.78 is 4.67. The van der Waals surface area contributed by atoms with E-state index in [0.29, 0.717) is 5.78 Å². The predicted molar refractivity (Wildman–Crippen MR) is 108 cm³/mol. The van der Waals surface area contributed by atoms with Gasteiger partial charge in [-0.3, -0.25) is 4.40 Å². The van der Waals surface area contributed by atoms with Crippen molar-refractivity contribution in [3.8, 4) is 0 Å². The lowest BCUT2D eigenvalue weighted by molar-refractivity contribution is -1.03. The minimum atomic E-state index is 0.709. The van der Waals surface area contributed by atoms with E-state index in [0.717, 1.165) is 42.5 Å². The molecule has 3 heterocycles. The second-order valence-electron chi connectivity index (χ2n) is 7.78. The molecule has 0 spiro atoms. The summed E-state index contributed by atoms with van der Waals surface area (Å²) in [4.78, 5) is 7.73. The summed E-state index contributed by atoms with van der Waals surface area (Å²) in [6.45, 7) is 12.8. The average Bonchev–Trinajstić information content (AvgIpc) is 2.92. The van der Waals surface area contributed by atoms with Crippen LogP contribution in [0.15, 0.2) is 30.3 Å². The van der Waals surface area contributed by atoms with Gasteiger partial charge >= 0.3 is 0 Å². The normalized spacial score (nSPS) is 20.3. The molecule has 4 rings (SSSR count). The van der Waals surface area contributed by atoms with Gasteiger partial charge in [0.1, 0.15) is 32.7 Å². The number of nitrogens with one attached hydrogen (secondary N) is 2. The fourth-order valence-corrected chi connectivity index (χ4v) is 4.38. The molecule has 27 heavy (non-hydrogen) atoms. The molecule has 1 fully saturated rings. The Balaban J connectivity index is 1.41. The number of nitrogens with zero attached hydrogens (tertiary/aromatic N) is 4. The Hall–Kier alpha value is -2.09. The molecular formula is C20H28N6S+2. The van der Waals surface area contributed by atoms with Gasteiger partial charge in [0, 0.05) is 17.0 Å². The second-order valence-corrected chi connectivity index (χ2v) is 8.15. The summed E-state index contributed by atoms with van der Waals surface area (Å²) in [5.74, 6) is 0.709. The van der Waals surface area contributed by atoms with Gasteiger partial charge in [0.2, 0.25) is 4.77 Å². The van der Waals surface area contributed by atoms with Crippen molar-refractivity contribution in [3.05, 3.63) is 57.6 Å². The van der Waals surface area contributed by atoms with Gasteiger partial charge in [0.25, 0.3) is 5.78 Å². The third kappa shape index (κ3) is 3.95. The Morgan fingerprint density at radius 2 is 1.78 bits per heavy atom. The SMILES string of the molecule is Cc1cccc(C[NH+]2CC[NH+](Cn3nc4nc(C)cc(C)n4c3=S)CC2)c1. The predicted octanol–water partition coefficient (Wildman–Crippen LogP) is 0.127. The molecule has 0 bridgehead atoms. The molecule has 7 heteroatoms. The van der Waals surface area contributed by atoms with E-state index in [1.807, 2.05) is 16.0 Å². The summed E-state index contributed by atoms with van der Waals surface area (Å²) in [5.41, 5.74) is 4.86. The van der Waals surface area contributed by atoms with Gasteiger partial charge in [0.15, 0.2) is 6.67 Å². The number of hydrogen-bond acceptors (Lipinski definition) is 3. The van der Waals surface area contributed by atoms with Crippen molar-refractivity contribution in [3.63, 3.8) is 0 Å². The molecule has 142 valence electrons. The van der Waals surface area contributed by atoms with E-state index >= 15 is 0 Å². The van der Waals surface area contributed by atoms with Crippen LogP contribution < -0.4 is 9.80 Å². The Morgan fingerprint density at radius 1 is 1.04 bits per heavy atom. The zero-order valence-electron chi connectivity index (χ0n) is 16.3. The van der Waals surface area contributed by atoms with Crippen molar-refractivity contribution in [2.24, 2.45) is 0 Å². The molecule has 6 nitrogen and oxygen atoms in total. The van der Waals surface area contributed by atoms with Crippen LogP contribution in [-0.2, 0) is 13.2 Å². The third-order valence-corrected chi connectivity index (χ3v) is 5.84. The molecule has 1 aliphatic heterocycles. The van der Waals surface area contributed by atoms with E-state index < -0.39 is 0 Å². The van der Waals surface area contributed by atoms with Crippen molar-refractivity contribution < 1.29 is 9.80 Å². The molecule has 1 aromatic carbocycles. The van der Waals surface area contributed by atoms with Gasteiger partial charge < -0.3 is 9.80 Å². The van der Waals surface area contributed by atoms with Gasteiger partial charge in [-0.1, -0.05) is 29.8 Å². The van der Waals surface area contributed by atoms with Crippen LogP contribution in [-0.4, -0.2) is 45.3 Å². The lowest BCUT2D eigenvalue weighted by Crippen LogP contribution is -3.27. The Kier molecular flexibility index (Phi) is 5.08. The second kappa shape index (κ2) is 7.50. The van der Waals surface area contributed by atoms with E-state index in [9.17, 15) is 0 Å². The van der Waals surface area contributed by atoms with Gasteiger partial charge in [-0.25, -0.2) is 4.98 Å². The molecule has 0 radical (unpaired) electrons. The van der Waals surface area contributed by atoms with Crippen LogP contribution in [0, 0.1) is 25.5 Å². The van der Waals surface area contributed by atoms with Crippen molar-refractivity contribution in [1.82, 2.24) is 19.2 Å². The summed E-state index contributed by atoms with van der Waals surface area (Å²) in [5, 5.41) is 4.66. The molecular weight excluding hydrogens is 356 g/mol. The molecule has 3 aromatic rings. The maximum Gasteiger partial charge on any atom is 0.254 e. The van der Waals surface area contributed by atoms with E-state index in [1.54, 1.807) is 4.90 Å². The number of hydrogen-bond donors (Lipinski definition) is 2. The van der Waals surface area contributed by atoms with Crippen LogP contribution in [0.1, 0.15) is 22.5 Å². The highest BCUT2D eigenvalue weighted by molar-refractivity contribution is 7.71. The van der Waals surface area contributed by atoms with E-state index in [1.165, 1.54) is 29.1 Å². The highest BCUT2D eigenvalue weighted by atomic mass is 32.1. The summed E-state index contributed by atoms with van der Waals surface area (Å²) in [7, 11) is 0. The number of aryl methyl sites for hydroxylation is 3. The minimum Gasteiger partial charge on any atom is -0.322 e. The molecule has 2 N–H and O–H groups in total. The van der Waals surface area contributed by atoms with Crippen molar-refractivity contribution in [2.75, 3.05) is 26.2 Å². The number of aromatic nitrogens is 4. The lowest BCUT2D eigenvalue weighted by Gasteiger charge is -2.29. The van der Waals surface area contributed by atoms with Crippen molar-refractivity contribution in [2.45, 2.75) is 34.0 Å². The standard InChI is InChI=1S/C20H26N6S/c1-15-5-4-6-18(11-15)13-23-7-9-24(10-8-23)14-25-20(27)26-17(3)12-16(2)21-19(26)22-25/h4-6,11-12H,7-10,13-14H2,1-3H3/p+2. The number of fused-ring (bicyclic) bond motifs is 1. The van der Waals surface area contributed by atoms with E-state index in [-0.39, 0.29) is 0 Å². The van der Waals surface area contributed by atoms with Crippen LogP contribution >= 0.6 is 12.2 Å². The molecule has 0 aliphatic carbocycles. The molecule has 1 saturated heterocycles. The van der Waals surface area contributed by atoms with E-state index in [4.69, 9.17) is 12.2 Å². The Labute approximate surface area is 165 Å². The number of quaternary nitrogens is 2. The molecule has 0 atom stereocenters. The summed E-state index contributed by atoms with van der Waals surface area (Å²) in [6.07, 6.45) is 0. The number of piperazine rings is 1. The molecule has 0 saturated carbocycles. The highest BCUT2D eigenvalue weighted by Crippen LogP contribution is 2.07. The maximum atomic E-state index is 5.65. The Bertz CT molecular complexity index is 1010. The van der Waals surface area contributed by atoms with Crippen molar-refractivity contribution in [1.29, 1.82) is 0 Å². The van der Waals surface area contributed by atoms with Crippen LogP contribution in [0.2, 0.25) is 0 Å². The average molecular weight is 385 g/mol. The molecule has 0 unspecified atom stereocenters. The van der Waals surface area contributed by atoms with Crippen LogP contribution in [0.25, 0.3) is 5.78 Å². The molecule has 1 aliphatic rings. The minimum absolute atomic E-state index is 0.709. The van der Waals surface area contributed by atoms with E-state index in [2.05, 4.69) is 54.3 Å². The first-order chi connectivity index (χ1) is 13.0. The number of rotatable bonds is 4. The van der Waals surface area contributed by atoms with Gasteiger partial charge in [-0.15, -0.1) is 5.10 Å². The fraction of sp³-hybridized carbons (Fsp3) is 0.450. The highest BCUT2D eigenvalue weighted by Gasteiger charge is 2.24. The first kappa shape index (κ1) is 18.3. The van der Waals surface area contributed by atoms with Crippen LogP contribution in [0.3, 0.4) is 0 Å². The van der Waals surface area contributed by atoms with Gasteiger partial charge in [0.05, 0.1) is 0 Å². The zero-order valence-corrected chi connectivity index (χ0v) is 17.1. The van der Waals surface area contributed by atoms with Crippen LogP contribution in [0.5, 0.6) is 0 Å². The number of benzene rings is 1. The van der Waals surface area contributed by atoms with Crippen molar-refractivity contribution >= 4 is 18.0 Å². The Morgan fingerprint density at radius 3 is 2.52 bits per heavy atom. The third-order valence-electron chi connectivity index (χ3n) is 5.44. The van der Waals surface area contributed by atoms with Crippen LogP contribution in [0.4, 0.5) is 0 Å². The monoisotopic (exact) mass is 384 g/mol.